The van der Waals surface area contributed by atoms with Gasteiger partial charge in [-0.3, -0.25) is 0 Å². The molecule has 1 aromatic carbocycles. The van der Waals surface area contributed by atoms with Crippen molar-refractivity contribution < 1.29 is 9.13 Å². The third kappa shape index (κ3) is 4.64. The van der Waals surface area contributed by atoms with Gasteiger partial charge in [-0.05, 0) is 30.5 Å². The highest BCUT2D eigenvalue weighted by Gasteiger charge is 2.06. The van der Waals surface area contributed by atoms with E-state index < -0.39 is 0 Å². The molecule has 1 N–H and O–H groups in total. The minimum Gasteiger partial charge on any atom is -0.494 e. The second-order valence-corrected chi connectivity index (χ2v) is 4.73. The Morgan fingerprint density at radius 1 is 1.47 bits per heavy atom. The van der Waals surface area contributed by atoms with Crippen molar-refractivity contribution in [2.24, 2.45) is 0 Å². The molecule has 0 bridgehead atoms. The summed E-state index contributed by atoms with van der Waals surface area (Å²) in [5.74, 6) is -0.0124. The fourth-order valence-electron chi connectivity index (χ4n) is 1.66. The predicted molar refractivity (Wildman–Crippen MR) is 72.3 cm³/mol. The Kier molecular flexibility index (Phi) is 6.52. The standard InChI is InChI=1S/C13H19BrFNO/c1-3-11(6-7-14)16-9-10-4-5-13(17-2)12(15)8-10/h4-5,8,11,16H,3,6-7,9H2,1-2H3. The number of methoxy groups -OCH3 is 1. The first-order valence-electron chi connectivity index (χ1n) is 5.83. The van der Waals surface area contributed by atoms with Gasteiger partial charge >= 0.3 is 0 Å². The summed E-state index contributed by atoms with van der Waals surface area (Å²) in [6.45, 7) is 2.83. The van der Waals surface area contributed by atoms with Gasteiger partial charge in [-0.1, -0.05) is 28.9 Å². The van der Waals surface area contributed by atoms with Gasteiger partial charge in [0.05, 0.1) is 7.11 Å². The summed E-state index contributed by atoms with van der Waals surface area (Å²) in [5, 5.41) is 4.40. The molecule has 0 radical (unpaired) electrons. The first-order chi connectivity index (χ1) is 8.21. The molecule has 2 nitrogen and oxygen atoms in total. The van der Waals surface area contributed by atoms with Crippen LogP contribution in [0.1, 0.15) is 25.3 Å². The van der Waals surface area contributed by atoms with Crippen LogP contribution >= 0.6 is 15.9 Å². The molecular formula is C13H19BrFNO. The molecule has 1 atom stereocenters. The van der Waals surface area contributed by atoms with E-state index in [0.717, 1.165) is 23.7 Å². The summed E-state index contributed by atoms with van der Waals surface area (Å²) in [7, 11) is 1.47. The van der Waals surface area contributed by atoms with Crippen LogP contribution in [0, 0.1) is 5.82 Å². The molecule has 0 aromatic heterocycles. The summed E-state index contributed by atoms with van der Waals surface area (Å²) < 4.78 is 18.3. The van der Waals surface area contributed by atoms with Crippen LogP contribution in [0.3, 0.4) is 0 Å². The highest BCUT2D eigenvalue weighted by atomic mass is 79.9. The molecule has 1 unspecified atom stereocenters. The van der Waals surface area contributed by atoms with Crippen molar-refractivity contribution in [1.29, 1.82) is 0 Å². The largest absolute Gasteiger partial charge is 0.494 e. The van der Waals surface area contributed by atoms with Gasteiger partial charge in [-0.2, -0.15) is 0 Å². The van der Waals surface area contributed by atoms with E-state index in [2.05, 4.69) is 28.2 Å². The Bertz CT molecular complexity index is 346. The summed E-state index contributed by atoms with van der Waals surface area (Å²) in [6, 6.07) is 5.54. The van der Waals surface area contributed by atoms with Crippen LogP contribution in [0.25, 0.3) is 0 Å². The zero-order valence-corrected chi connectivity index (χ0v) is 11.9. The van der Waals surface area contributed by atoms with Crippen molar-refractivity contribution in [3.63, 3.8) is 0 Å². The van der Waals surface area contributed by atoms with E-state index >= 15 is 0 Å². The monoisotopic (exact) mass is 303 g/mol. The number of benzene rings is 1. The Hall–Kier alpha value is -0.610. The Morgan fingerprint density at radius 3 is 2.76 bits per heavy atom. The third-order valence-electron chi connectivity index (χ3n) is 2.76. The van der Waals surface area contributed by atoms with Crippen LogP contribution in [-0.4, -0.2) is 18.5 Å². The van der Waals surface area contributed by atoms with Crippen molar-refractivity contribution in [3.05, 3.63) is 29.6 Å². The number of alkyl halides is 1. The molecule has 17 heavy (non-hydrogen) atoms. The average molecular weight is 304 g/mol. The maximum absolute atomic E-state index is 13.4. The minimum atomic E-state index is -0.305. The number of halogens is 2. The number of hydrogen-bond acceptors (Lipinski definition) is 2. The second-order valence-electron chi connectivity index (χ2n) is 3.93. The second kappa shape index (κ2) is 7.67. The van der Waals surface area contributed by atoms with Gasteiger partial charge in [-0.25, -0.2) is 4.39 Å². The quantitative estimate of drug-likeness (QED) is 0.779. The molecule has 1 aromatic rings. The molecule has 0 aliphatic carbocycles. The molecule has 0 aliphatic rings. The number of ether oxygens (including phenoxy) is 1. The fraction of sp³-hybridized carbons (Fsp3) is 0.538. The lowest BCUT2D eigenvalue weighted by molar-refractivity contribution is 0.385. The van der Waals surface area contributed by atoms with Crippen molar-refractivity contribution in [1.82, 2.24) is 5.32 Å². The number of rotatable bonds is 7. The molecule has 0 saturated carbocycles. The highest BCUT2D eigenvalue weighted by Crippen LogP contribution is 2.17. The first-order valence-corrected chi connectivity index (χ1v) is 6.95. The Morgan fingerprint density at radius 2 is 2.24 bits per heavy atom. The van der Waals surface area contributed by atoms with E-state index in [1.807, 2.05) is 6.07 Å². The van der Waals surface area contributed by atoms with Gasteiger partial charge < -0.3 is 10.1 Å². The van der Waals surface area contributed by atoms with Gasteiger partial charge in [0.15, 0.2) is 11.6 Å². The predicted octanol–water partition coefficient (Wildman–Crippen LogP) is 3.49. The molecule has 0 fully saturated rings. The molecule has 0 heterocycles. The first kappa shape index (κ1) is 14.5. The molecule has 0 aliphatic heterocycles. The lowest BCUT2D eigenvalue weighted by Gasteiger charge is -2.15. The van der Waals surface area contributed by atoms with Gasteiger partial charge in [0.1, 0.15) is 0 Å². The van der Waals surface area contributed by atoms with E-state index in [9.17, 15) is 4.39 Å². The van der Waals surface area contributed by atoms with Crippen LogP contribution in [-0.2, 0) is 6.54 Å². The maximum Gasteiger partial charge on any atom is 0.165 e. The zero-order chi connectivity index (χ0) is 12.7. The normalized spacial score (nSPS) is 12.5. The molecule has 1 rings (SSSR count). The van der Waals surface area contributed by atoms with E-state index in [4.69, 9.17) is 4.74 Å². The van der Waals surface area contributed by atoms with Crippen molar-refractivity contribution >= 4 is 15.9 Å². The molecule has 0 saturated heterocycles. The van der Waals surface area contributed by atoms with Crippen molar-refractivity contribution in [2.45, 2.75) is 32.4 Å². The molecule has 4 heteroatoms. The van der Waals surface area contributed by atoms with E-state index in [-0.39, 0.29) is 5.82 Å². The van der Waals surface area contributed by atoms with Crippen molar-refractivity contribution in [2.75, 3.05) is 12.4 Å². The lowest BCUT2D eigenvalue weighted by atomic mass is 10.1. The van der Waals surface area contributed by atoms with Crippen LogP contribution < -0.4 is 10.1 Å². The van der Waals surface area contributed by atoms with Crippen LogP contribution in [0.15, 0.2) is 18.2 Å². The van der Waals surface area contributed by atoms with Gasteiger partial charge in [-0.15, -0.1) is 0 Å². The SMILES string of the molecule is CCC(CCBr)NCc1ccc(OC)c(F)c1. The van der Waals surface area contributed by atoms with E-state index in [1.54, 1.807) is 6.07 Å². The average Bonchev–Trinajstić information content (AvgIpc) is 2.34. The topological polar surface area (TPSA) is 21.3 Å². The molecule has 96 valence electrons. The highest BCUT2D eigenvalue weighted by molar-refractivity contribution is 9.09. The summed E-state index contributed by atoms with van der Waals surface area (Å²) in [4.78, 5) is 0. The van der Waals surface area contributed by atoms with Gasteiger partial charge in [0.25, 0.3) is 0 Å². The maximum atomic E-state index is 13.4. The zero-order valence-electron chi connectivity index (χ0n) is 10.3. The van der Waals surface area contributed by atoms with Gasteiger partial charge in [0.2, 0.25) is 0 Å². The lowest BCUT2D eigenvalue weighted by Crippen LogP contribution is -2.28. The molecule has 0 amide bonds. The minimum absolute atomic E-state index is 0.293. The van der Waals surface area contributed by atoms with Gasteiger partial charge in [0, 0.05) is 17.9 Å². The summed E-state index contributed by atoms with van der Waals surface area (Å²) >= 11 is 3.43. The van der Waals surface area contributed by atoms with Crippen LogP contribution in [0.2, 0.25) is 0 Å². The molecular weight excluding hydrogens is 285 g/mol. The van der Waals surface area contributed by atoms with Crippen LogP contribution in [0.4, 0.5) is 4.39 Å². The number of hydrogen-bond donors (Lipinski definition) is 1. The summed E-state index contributed by atoms with van der Waals surface area (Å²) in [5.41, 5.74) is 0.941. The Labute approximate surface area is 111 Å². The Balaban J connectivity index is 2.54. The van der Waals surface area contributed by atoms with E-state index in [1.165, 1.54) is 13.2 Å². The fourth-order valence-corrected chi connectivity index (χ4v) is 2.22. The third-order valence-corrected chi connectivity index (χ3v) is 3.22. The van der Waals surface area contributed by atoms with Crippen molar-refractivity contribution in [3.8, 4) is 5.75 Å². The molecule has 0 spiro atoms. The van der Waals surface area contributed by atoms with Crippen LogP contribution in [0.5, 0.6) is 5.75 Å². The van der Waals surface area contributed by atoms with E-state index in [0.29, 0.717) is 18.3 Å². The summed E-state index contributed by atoms with van der Waals surface area (Å²) in [6.07, 6.45) is 2.15. The smallest absolute Gasteiger partial charge is 0.165 e. The number of nitrogens with one attached hydrogen (secondary N) is 1.